The Morgan fingerprint density at radius 1 is 0.917 bits per heavy atom. The number of rotatable bonds is 7. The Morgan fingerprint density at radius 2 is 1.53 bits per heavy atom. The van der Waals surface area contributed by atoms with Gasteiger partial charge in [-0.25, -0.2) is 14.3 Å². The molecule has 10 nitrogen and oxygen atoms in total. The lowest BCUT2D eigenvalue weighted by atomic mass is 10.2. The number of amides is 2. The van der Waals surface area contributed by atoms with Gasteiger partial charge in [0, 0.05) is 12.5 Å². The molecule has 2 aromatic heterocycles. The fourth-order valence-electron chi connectivity index (χ4n) is 4.28. The normalized spacial score (nSPS) is 16.6. The maximum atomic E-state index is 13.5. The Morgan fingerprint density at radius 3 is 2.14 bits per heavy atom. The van der Waals surface area contributed by atoms with Crippen LogP contribution in [0, 0.1) is 11.8 Å². The molecule has 1 saturated carbocycles. The first kappa shape index (κ1) is 23.3. The minimum absolute atomic E-state index is 0.125. The fourth-order valence-corrected chi connectivity index (χ4v) is 4.28. The molecule has 4 aromatic rings. The topological polar surface area (TPSA) is 120 Å². The van der Waals surface area contributed by atoms with Crippen LogP contribution in [0.1, 0.15) is 24.5 Å². The molecule has 2 aromatic carbocycles. The predicted octanol–water partition coefficient (Wildman–Crippen LogP) is 1.26. The van der Waals surface area contributed by atoms with Crippen LogP contribution in [-0.4, -0.2) is 30.5 Å². The standard InChI is InChI=1S/C26H26N6O4/c1-17-12-20(17)24(34)29-28-21(33)15-32-25(35)22-23(27-16-30(22)13-18-8-4-2-5-9-18)31(26(32)36)14-19-10-6-3-7-11-19/h2-11,16-17,20H,12-15H2,1H3,(H,28,33)(H,29,34). The van der Waals surface area contributed by atoms with Crippen molar-refractivity contribution < 1.29 is 9.59 Å². The number of hydrogen-bond acceptors (Lipinski definition) is 5. The van der Waals surface area contributed by atoms with E-state index >= 15 is 0 Å². The average molecular weight is 487 g/mol. The number of nitrogens with one attached hydrogen (secondary N) is 2. The van der Waals surface area contributed by atoms with Crippen molar-refractivity contribution in [3.05, 3.63) is 99.0 Å². The third kappa shape index (κ3) is 4.70. The van der Waals surface area contributed by atoms with Gasteiger partial charge in [-0.15, -0.1) is 0 Å². The third-order valence-electron chi connectivity index (χ3n) is 6.44. The summed E-state index contributed by atoms with van der Waals surface area (Å²) in [5.74, 6) is -0.793. The Kier molecular flexibility index (Phi) is 6.24. The summed E-state index contributed by atoms with van der Waals surface area (Å²) >= 11 is 0. The van der Waals surface area contributed by atoms with Crippen LogP contribution in [0.25, 0.3) is 11.2 Å². The molecule has 10 heteroatoms. The molecular formula is C26H26N6O4. The molecule has 2 atom stereocenters. The average Bonchev–Trinajstić information content (AvgIpc) is 3.48. The van der Waals surface area contributed by atoms with Gasteiger partial charge in [-0.1, -0.05) is 67.6 Å². The van der Waals surface area contributed by atoms with E-state index in [2.05, 4.69) is 15.8 Å². The first-order chi connectivity index (χ1) is 17.4. The smallest absolute Gasteiger partial charge is 0.320 e. The molecule has 2 N–H and O–H groups in total. The summed E-state index contributed by atoms with van der Waals surface area (Å²) < 4.78 is 3.96. The summed E-state index contributed by atoms with van der Waals surface area (Å²) in [7, 11) is 0. The summed E-state index contributed by atoms with van der Waals surface area (Å²) in [5, 5.41) is 0. The summed E-state index contributed by atoms with van der Waals surface area (Å²) in [6, 6.07) is 18.9. The number of benzene rings is 2. The molecule has 2 unspecified atom stereocenters. The van der Waals surface area contributed by atoms with E-state index in [0.717, 1.165) is 22.1 Å². The molecule has 0 radical (unpaired) electrons. The summed E-state index contributed by atoms with van der Waals surface area (Å²) in [6.07, 6.45) is 2.30. The van der Waals surface area contributed by atoms with Gasteiger partial charge in [0.25, 0.3) is 11.5 Å². The van der Waals surface area contributed by atoms with E-state index < -0.39 is 23.7 Å². The number of imidazole rings is 1. The SMILES string of the molecule is CC1CC1C(=O)NNC(=O)Cn1c(=O)c2c(ncn2Cc2ccccc2)n(Cc2ccccc2)c1=O. The van der Waals surface area contributed by atoms with Gasteiger partial charge in [0.15, 0.2) is 11.2 Å². The van der Waals surface area contributed by atoms with Crippen molar-refractivity contribution in [2.75, 3.05) is 0 Å². The first-order valence-corrected chi connectivity index (χ1v) is 11.8. The maximum Gasteiger partial charge on any atom is 0.333 e. The van der Waals surface area contributed by atoms with Crippen LogP contribution in [0.2, 0.25) is 0 Å². The van der Waals surface area contributed by atoms with E-state index in [4.69, 9.17) is 0 Å². The minimum Gasteiger partial charge on any atom is -0.320 e. The van der Waals surface area contributed by atoms with E-state index in [1.807, 2.05) is 67.6 Å². The number of hydrogen-bond donors (Lipinski definition) is 2. The van der Waals surface area contributed by atoms with Gasteiger partial charge in [-0.05, 0) is 23.5 Å². The van der Waals surface area contributed by atoms with Gasteiger partial charge in [0.1, 0.15) is 6.54 Å². The second-order valence-corrected chi connectivity index (χ2v) is 9.13. The zero-order valence-corrected chi connectivity index (χ0v) is 19.8. The van der Waals surface area contributed by atoms with Crippen LogP contribution in [0.5, 0.6) is 0 Å². The molecule has 2 heterocycles. The van der Waals surface area contributed by atoms with Crippen LogP contribution >= 0.6 is 0 Å². The Bertz CT molecular complexity index is 1540. The second-order valence-electron chi connectivity index (χ2n) is 9.13. The molecule has 1 aliphatic carbocycles. The predicted molar refractivity (Wildman–Crippen MR) is 133 cm³/mol. The van der Waals surface area contributed by atoms with Crippen molar-refractivity contribution in [3.8, 4) is 0 Å². The molecular weight excluding hydrogens is 460 g/mol. The Hall–Kier alpha value is -4.47. The largest absolute Gasteiger partial charge is 0.333 e. The molecule has 1 fully saturated rings. The first-order valence-electron chi connectivity index (χ1n) is 11.8. The van der Waals surface area contributed by atoms with E-state index in [1.54, 1.807) is 4.57 Å². The van der Waals surface area contributed by atoms with Crippen LogP contribution < -0.4 is 22.1 Å². The second kappa shape index (κ2) is 9.65. The quantitative estimate of drug-likeness (QED) is 0.381. The molecule has 0 bridgehead atoms. The van der Waals surface area contributed by atoms with Gasteiger partial charge in [-0.2, -0.15) is 0 Å². The molecule has 0 saturated heterocycles. The van der Waals surface area contributed by atoms with Crippen molar-refractivity contribution >= 4 is 23.0 Å². The molecule has 0 spiro atoms. The highest BCUT2D eigenvalue weighted by molar-refractivity contribution is 5.85. The number of fused-ring (bicyclic) bond motifs is 1. The lowest BCUT2D eigenvalue weighted by Gasteiger charge is -2.13. The zero-order chi connectivity index (χ0) is 25.2. The minimum atomic E-state index is -0.671. The number of aromatic nitrogens is 4. The molecule has 2 amide bonds. The molecule has 5 rings (SSSR count). The number of carbonyl (C=O) groups excluding carboxylic acids is 2. The molecule has 1 aliphatic rings. The van der Waals surface area contributed by atoms with Crippen molar-refractivity contribution in [1.82, 2.24) is 29.5 Å². The van der Waals surface area contributed by atoms with Crippen molar-refractivity contribution in [2.24, 2.45) is 11.8 Å². The highest BCUT2D eigenvalue weighted by Gasteiger charge is 2.39. The Balaban J connectivity index is 1.52. The maximum absolute atomic E-state index is 13.5. The van der Waals surface area contributed by atoms with E-state index in [9.17, 15) is 19.2 Å². The van der Waals surface area contributed by atoms with Crippen LogP contribution in [0.3, 0.4) is 0 Å². The highest BCUT2D eigenvalue weighted by Crippen LogP contribution is 2.37. The lowest BCUT2D eigenvalue weighted by Crippen LogP contribution is -2.48. The van der Waals surface area contributed by atoms with Gasteiger partial charge in [0.2, 0.25) is 5.91 Å². The van der Waals surface area contributed by atoms with E-state index in [-0.39, 0.29) is 35.5 Å². The Labute approximate surface area is 206 Å². The molecule has 184 valence electrons. The van der Waals surface area contributed by atoms with Gasteiger partial charge < -0.3 is 4.57 Å². The van der Waals surface area contributed by atoms with E-state index in [0.29, 0.717) is 6.54 Å². The van der Waals surface area contributed by atoms with Gasteiger partial charge >= 0.3 is 5.69 Å². The van der Waals surface area contributed by atoms with Gasteiger partial charge in [-0.3, -0.25) is 29.8 Å². The van der Waals surface area contributed by atoms with Crippen LogP contribution in [0.4, 0.5) is 0 Å². The molecule has 36 heavy (non-hydrogen) atoms. The number of hydrazine groups is 1. The lowest BCUT2D eigenvalue weighted by molar-refractivity contribution is -0.130. The zero-order valence-electron chi connectivity index (χ0n) is 19.8. The summed E-state index contributed by atoms with van der Waals surface area (Å²) in [4.78, 5) is 56.0. The van der Waals surface area contributed by atoms with Crippen molar-refractivity contribution in [1.29, 1.82) is 0 Å². The summed E-state index contributed by atoms with van der Waals surface area (Å²) in [5.41, 5.74) is 5.71. The number of nitrogens with zero attached hydrogens (tertiary/aromatic N) is 4. The fraction of sp³-hybridized carbons (Fsp3) is 0.269. The highest BCUT2D eigenvalue weighted by atomic mass is 16.2. The van der Waals surface area contributed by atoms with Crippen LogP contribution in [-0.2, 0) is 29.2 Å². The van der Waals surface area contributed by atoms with E-state index in [1.165, 1.54) is 10.9 Å². The monoisotopic (exact) mass is 486 g/mol. The van der Waals surface area contributed by atoms with Gasteiger partial charge in [0.05, 0.1) is 12.9 Å². The molecule has 0 aliphatic heterocycles. The van der Waals surface area contributed by atoms with Crippen LogP contribution in [0.15, 0.2) is 76.6 Å². The van der Waals surface area contributed by atoms with Crippen molar-refractivity contribution in [2.45, 2.75) is 33.0 Å². The number of carbonyl (C=O) groups is 2. The van der Waals surface area contributed by atoms with Crippen molar-refractivity contribution in [3.63, 3.8) is 0 Å². The third-order valence-corrected chi connectivity index (χ3v) is 6.44. The summed E-state index contributed by atoms with van der Waals surface area (Å²) in [6.45, 7) is 1.96.